The highest BCUT2D eigenvalue weighted by Crippen LogP contribution is 2.43. The fourth-order valence-corrected chi connectivity index (χ4v) is 2.25. The maximum absolute atomic E-state index is 11.0. The molecular weight excluding hydrogens is 124 g/mol. The average molecular weight is 136 g/mol. The molecule has 0 radical (unpaired) electrons. The van der Waals surface area contributed by atoms with Gasteiger partial charge in [0.25, 0.3) is 0 Å². The van der Waals surface area contributed by atoms with E-state index in [0.717, 1.165) is 12.3 Å². The van der Waals surface area contributed by atoms with E-state index in [1.54, 1.807) is 6.92 Å². The molecule has 3 atom stereocenters. The summed E-state index contributed by atoms with van der Waals surface area (Å²) in [7, 11) is 0. The van der Waals surface area contributed by atoms with Crippen LogP contribution >= 0.6 is 0 Å². The smallest absolute Gasteiger partial charge is 0.133 e. The molecule has 1 saturated carbocycles. The summed E-state index contributed by atoms with van der Waals surface area (Å²) in [6, 6.07) is 0. The van der Waals surface area contributed by atoms with E-state index in [2.05, 4.69) is 12.2 Å². The van der Waals surface area contributed by atoms with Crippen molar-refractivity contribution in [1.29, 1.82) is 0 Å². The summed E-state index contributed by atoms with van der Waals surface area (Å²) in [4.78, 5) is 11.0. The molecule has 0 aromatic carbocycles. The number of allylic oxidation sites excluding steroid dienone is 2. The largest absolute Gasteiger partial charge is 0.300 e. The molecule has 0 aliphatic heterocycles. The number of carbonyl (C=O) groups excluding carboxylic acids is 1. The molecule has 1 fully saturated rings. The predicted octanol–water partition coefficient (Wildman–Crippen LogP) is 1.79. The van der Waals surface area contributed by atoms with Crippen LogP contribution in [0.1, 0.15) is 19.8 Å². The first-order valence-electron chi connectivity index (χ1n) is 3.96. The van der Waals surface area contributed by atoms with Gasteiger partial charge in [0.05, 0.1) is 0 Å². The Morgan fingerprint density at radius 2 is 2.20 bits per heavy atom. The van der Waals surface area contributed by atoms with Crippen LogP contribution in [0.3, 0.4) is 0 Å². The molecule has 0 aromatic heterocycles. The first-order chi connectivity index (χ1) is 4.77. The number of Topliss-reactive ketones (excluding diaryl/α,β-unsaturated/α-hetero) is 1. The number of hydrogen-bond donors (Lipinski definition) is 0. The lowest BCUT2D eigenvalue weighted by atomic mass is 9.90. The van der Waals surface area contributed by atoms with E-state index in [0.29, 0.717) is 17.6 Å². The zero-order valence-electron chi connectivity index (χ0n) is 6.21. The van der Waals surface area contributed by atoms with Gasteiger partial charge in [-0.1, -0.05) is 12.2 Å². The van der Waals surface area contributed by atoms with E-state index >= 15 is 0 Å². The molecule has 2 aliphatic rings. The lowest BCUT2D eigenvalue weighted by Gasteiger charge is -2.13. The fraction of sp³-hybridized carbons (Fsp3) is 0.667. The highest BCUT2D eigenvalue weighted by molar-refractivity contribution is 5.79. The average Bonchev–Trinajstić information content (AvgIpc) is 2.44. The topological polar surface area (TPSA) is 17.1 Å². The molecule has 0 N–H and O–H groups in total. The highest BCUT2D eigenvalue weighted by Gasteiger charge is 2.37. The lowest BCUT2D eigenvalue weighted by Crippen LogP contribution is -2.15. The molecule has 2 rings (SSSR count). The van der Waals surface area contributed by atoms with E-state index < -0.39 is 0 Å². The van der Waals surface area contributed by atoms with Crippen molar-refractivity contribution in [2.45, 2.75) is 19.8 Å². The number of rotatable bonds is 1. The third kappa shape index (κ3) is 0.731. The van der Waals surface area contributed by atoms with Gasteiger partial charge >= 0.3 is 0 Å². The van der Waals surface area contributed by atoms with E-state index in [9.17, 15) is 4.79 Å². The summed E-state index contributed by atoms with van der Waals surface area (Å²) >= 11 is 0. The van der Waals surface area contributed by atoms with Crippen LogP contribution in [0.5, 0.6) is 0 Å². The third-order valence-corrected chi connectivity index (χ3v) is 2.80. The summed E-state index contributed by atoms with van der Waals surface area (Å²) < 4.78 is 0. The van der Waals surface area contributed by atoms with Crippen LogP contribution in [-0.2, 0) is 4.79 Å². The quantitative estimate of drug-likeness (QED) is 0.502. The molecule has 0 aromatic rings. The normalized spacial score (nSPS) is 42.7. The molecule has 0 heterocycles. The predicted molar refractivity (Wildman–Crippen MR) is 39.5 cm³/mol. The first kappa shape index (κ1) is 6.14. The summed E-state index contributed by atoms with van der Waals surface area (Å²) in [5.74, 6) is 2.09. The van der Waals surface area contributed by atoms with Gasteiger partial charge in [0.15, 0.2) is 0 Å². The van der Waals surface area contributed by atoms with Crippen LogP contribution in [0.4, 0.5) is 0 Å². The molecule has 0 saturated heterocycles. The van der Waals surface area contributed by atoms with Crippen LogP contribution in [0, 0.1) is 17.8 Å². The van der Waals surface area contributed by atoms with Gasteiger partial charge in [0.2, 0.25) is 0 Å². The van der Waals surface area contributed by atoms with Crippen LogP contribution < -0.4 is 0 Å². The van der Waals surface area contributed by atoms with Crippen LogP contribution in [0.25, 0.3) is 0 Å². The minimum absolute atomic E-state index is 0.370. The van der Waals surface area contributed by atoms with Crippen molar-refractivity contribution in [3.05, 3.63) is 12.2 Å². The second-order valence-electron chi connectivity index (χ2n) is 3.50. The number of hydrogen-bond acceptors (Lipinski definition) is 1. The minimum atomic E-state index is 0.370. The van der Waals surface area contributed by atoms with Crippen molar-refractivity contribution in [2.75, 3.05) is 0 Å². The zero-order chi connectivity index (χ0) is 7.14. The van der Waals surface area contributed by atoms with Gasteiger partial charge < -0.3 is 0 Å². The van der Waals surface area contributed by atoms with Crippen molar-refractivity contribution in [2.24, 2.45) is 17.8 Å². The molecule has 1 unspecified atom stereocenters. The molecule has 10 heavy (non-hydrogen) atoms. The third-order valence-electron chi connectivity index (χ3n) is 2.80. The van der Waals surface area contributed by atoms with Crippen LogP contribution in [-0.4, -0.2) is 5.78 Å². The van der Waals surface area contributed by atoms with Gasteiger partial charge in [-0.2, -0.15) is 0 Å². The van der Waals surface area contributed by atoms with Gasteiger partial charge in [-0.3, -0.25) is 4.79 Å². The van der Waals surface area contributed by atoms with Crippen molar-refractivity contribution in [1.82, 2.24) is 0 Å². The number of ketones is 1. The molecule has 0 amide bonds. The maximum Gasteiger partial charge on any atom is 0.133 e. The second kappa shape index (κ2) is 1.94. The Morgan fingerprint density at radius 3 is 2.50 bits per heavy atom. The Morgan fingerprint density at radius 1 is 1.40 bits per heavy atom. The number of carbonyl (C=O) groups is 1. The molecule has 2 aliphatic carbocycles. The Labute approximate surface area is 61.1 Å². The van der Waals surface area contributed by atoms with Gasteiger partial charge in [-0.05, 0) is 31.6 Å². The van der Waals surface area contributed by atoms with Crippen molar-refractivity contribution < 1.29 is 4.79 Å². The van der Waals surface area contributed by atoms with Gasteiger partial charge in [-0.15, -0.1) is 0 Å². The number of fused-ring (bicyclic) bond motifs is 2. The molecule has 0 spiro atoms. The monoisotopic (exact) mass is 136 g/mol. The lowest BCUT2D eigenvalue weighted by molar-refractivity contribution is -0.121. The highest BCUT2D eigenvalue weighted by atomic mass is 16.1. The molecular formula is C9H12O. The van der Waals surface area contributed by atoms with E-state index in [-0.39, 0.29) is 0 Å². The van der Waals surface area contributed by atoms with Crippen molar-refractivity contribution in [3.8, 4) is 0 Å². The Balaban J connectivity index is 2.16. The molecule has 54 valence electrons. The Bertz CT molecular complexity index is 193. The van der Waals surface area contributed by atoms with Gasteiger partial charge in [0.1, 0.15) is 5.78 Å². The summed E-state index contributed by atoms with van der Waals surface area (Å²) in [5.41, 5.74) is 0. The molecule has 1 heteroatoms. The maximum atomic E-state index is 11.0. The van der Waals surface area contributed by atoms with Crippen LogP contribution in [0.2, 0.25) is 0 Å². The minimum Gasteiger partial charge on any atom is -0.300 e. The van der Waals surface area contributed by atoms with E-state index in [4.69, 9.17) is 0 Å². The summed E-state index contributed by atoms with van der Waals surface area (Å²) in [6.07, 6.45) is 6.85. The van der Waals surface area contributed by atoms with E-state index in [1.807, 2.05) is 0 Å². The van der Waals surface area contributed by atoms with Crippen LogP contribution in [0.15, 0.2) is 12.2 Å². The molecule has 1 nitrogen and oxygen atoms in total. The second-order valence-corrected chi connectivity index (χ2v) is 3.50. The van der Waals surface area contributed by atoms with Gasteiger partial charge in [0, 0.05) is 5.92 Å². The summed E-state index contributed by atoms with van der Waals surface area (Å²) in [6.45, 7) is 1.72. The standard InChI is InChI=1S/C9H12O/c1-6(10)9-5-7-2-3-8(9)4-7/h2-3,7-9H,4-5H2,1H3/t7-,8-,9?/m1/s1. The van der Waals surface area contributed by atoms with E-state index in [1.165, 1.54) is 6.42 Å². The van der Waals surface area contributed by atoms with Gasteiger partial charge in [-0.25, -0.2) is 0 Å². The first-order valence-corrected chi connectivity index (χ1v) is 3.96. The van der Waals surface area contributed by atoms with Crippen molar-refractivity contribution in [3.63, 3.8) is 0 Å². The Hall–Kier alpha value is -0.590. The molecule has 2 bridgehead atoms. The Kier molecular flexibility index (Phi) is 1.19. The SMILES string of the molecule is CC(=O)C1C[C@@H]2C=C[C@@H]1C2. The fourth-order valence-electron chi connectivity index (χ4n) is 2.25. The summed E-state index contributed by atoms with van der Waals surface area (Å²) in [5, 5.41) is 0. The van der Waals surface area contributed by atoms with Crippen molar-refractivity contribution >= 4 is 5.78 Å². The zero-order valence-corrected chi connectivity index (χ0v) is 6.21.